The second kappa shape index (κ2) is 61.6. The topological polar surface area (TPSA) is 110 Å². The first-order valence-electron chi connectivity index (χ1n) is 33.2. The molecule has 0 aliphatic rings. The fraction of sp³-hybridized carbons (Fsp3) is 0.925. The van der Waals surface area contributed by atoms with Crippen molar-refractivity contribution in [3.05, 3.63) is 24.3 Å². The summed E-state index contributed by atoms with van der Waals surface area (Å²) in [7, 11) is 0. The van der Waals surface area contributed by atoms with Crippen LogP contribution in [0.4, 0.5) is 0 Å². The molecule has 0 aromatic rings. The number of unbranched alkanes of at least 4 members (excludes halogenated alkanes) is 49. The number of rotatable bonds is 62. The quantitative estimate of drug-likeness (QED) is 0.0308. The molecule has 0 heterocycles. The van der Waals surface area contributed by atoms with Crippen LogP contribution in [-0.4, -0.2) is 57.3 Å². The van der Waals surface area contributed by atoms with Gasteiger partial charge in [-0.15, -0.1) is 0 Å². The van der Waals surface area contributed by atoms with E-state index >= 15 is 0 Å². The maximum absolute atomic E-state index is 12.6. The van der Waals surface area contributed by atoms with Crippen molar-refractivity contribution >= 4 is 5.91 Å². The van der Waals surface area contributed by atoms with Gasteiger partial charge in [-0.1, -0.05) is 327 Å². The molecular formula is C67H131NO5. The molecule has 0 saturated heterocycles. The summed E-state index contributed by atoms with van der Waals surface area (Å²) in [4.78, 5) is 12.6. The zero-order valence-corrected chi connectivity index (χ0v) is 49.4. The van der Waals surface area contributed by atoms with Crippen LogP contribution in [0.15, 0.2) is 24.3 Å². The highest BCUT2D eigenvalue weighted by Gasteiger charge is 2.28. The predicted molar refractivity (Wildman–Crippen MR) is 321 cm³/mol. The number of allylic oxidation sites excluding steroid dienone is 4. The average Bonchev–Trinajstić information content (AvgIpc) is 3.40. The van der Waals surface area contributed by atoms with E-state index in [9.17, 15) is 25.2 Å². The van der Waals surface area contributed by atoms with Gasteiger partial charge < -0.3 is 25.7 Å². The van der Waals surface area contributed by atoms with E-state index in [1.807, 2.05) is 0 Å². The van der Waals surface area contributed by atoms with Crippen molar-refractivity contribution in [2.24, 2.45) is 0 Å². The lowest BCUT2D eigenvalue weighted by Gasteiger charge is -2.27. The molecule has 0 aliphatic carbocycles. The zero-order valence-electron chi connectivity index (χ0n) is 49.4. The van der Waals surface area contributed by atoms with Gasteiger partial charge in [0.25, 0.3) is 0 Å². The molecule has 0 saturated carbocycles. The SMILES string of the molecule is CCCCCCCCCCCCCC/C=C\CCCCCCCCCCCC(O)C(=O)NC(CO)C(O)C(O)CCC/C=C/CCCCCCCCCCCCCCCCCCCCCCCCCCCCC. The van der Waals surface area contributed by atoms with Gasteiger partial charge >= 0.3 is 0 Å². The molecule has 0 radical (unpaired) electrons. The van der Waals surface area contributed by atoms with E-state index < -0.39 is 36.9 Å². The number of aliphatic hydroxyl groups is 4. The van der Waals surface area contributed by atoms with E-state index in [0.717, 1.165) is 38.5 Å². The Bertz CT molecular complexity index is 1110. The largest absolute Gasteiger partial charge is 0.394 e. The Balaban J connectivity index is 3.58. The fourth-order valence-electron chi connectivity index (χ4n) is 10.7. The van der Waals surface area contributed by atoms with Gasteiger partial charge in [-0.2, -0.15) is 0 Å². The molecule has 5 N–H and O–H groups in total. The van der Waals surface area contributed by atoms with Crippen molar-refractivity contribution in [1.29, 1.82) is 0 Å². The highest BCUT2D eigenvalue weighted by molar-refractivity contribution is 5.80. The number of nitrogens with one attached hydrogen (secondary N) is 1. The van der Waals surface area contributed by atoms with Gasteiger partial charge in [-0.05, 0) is 64.2 Å². The number of carbonyl (C=O) groups is 1. The van der Waals surface area contributed by atoms with Crippen molar-refractivity contribution in [2.45, 2.75) is 391 Å². The molecule has 4 atom stereocenters. The second-order valence-corrected chi connectivity index (χ2v) is 23.2. The Morgan fingerprint density at radius 1 is 0.329 bits per heavy atom. The van der Waals surface area contributed by atoms with Crippen LogP contribution in [0.1, 0.15) is 367 Å². The third-order valence-electron chi connectivity index (χ3n) is 15.9. The van der Waals surface area contributed by atoms with Gasteiger partial charge in [0, 0.05) is 0 Å². The second-order valence-electron chi connectivity index (χ2n) is 23.2. The van der Waals surface area contributed by atoms with Gasteiger partial charge in [0.1, 0.15) is 12.2 Å². The van der Waals surface area contributed by atoms with Crippen LogP contribution in [-0.2, 0) is 4.79 Å². The van der Waals surface area contributed by atoms with Gasteiger partial charge in [0.2, 0.25) is 5.91 Å². The van der Waals surface area contributed by atoms with Gasteiger partial charge in [-0.3, -0.25) is 4.79 Å². The number of hydrogen-bond donors (Lipinski definition) is 5. The van der Waals surface area contributed by atoms with E-state index in [1.165, 1.54) is 302 Å². The molecule has 0 spiro atoms. The summed E-state index contributed by atoms with van der Waals surface area (Å²) in [5.74, 6) is -0.589. The minimum absolute atomic E-state index is 0.363. The minimum Gasteiger partial charge on any atom is -0.394 e. The van der Waals surface area contributed by atoms with E-state index in [0.29, 0.717) is 12.8 Å². The normalized spacial score (nSPS) is 13.7. The van der Waals surface area contributed by atoms with E-state index in [4.69, 9.17) is 0 Å². The molecule has 0 aromatic heterocycles. The lowest BCUT2D eigenvalue weighted by Crippen LogP contribution is -2.53. The van der Waals surface area contributed by atoms with Crippen LogP contribution in [0.2, 0.25) is 0 Å². The third-order valence-corrected chi connectivity index (χ3v) is 15.9. The zero-order chi connectivity index (χ0) is 53.0. The summed E-state index contributed by atoms with van der Waals surface area (Å²) < 4.78 is 0. The highest BCUT2D eigenvalue weighted by Crippen LogP contribution is 2.19. The molecule has 0 rings (SSSR count). The first kappa shape index (κ1) is 71.8. The van der Waals surface area contributed by atoms with E-state index in [1.54, 1.807) is 0 Å². The summed E-state index contributed by atoms with van der Waals surface area (Å²) >= 11 is 0. The maximum atomic E-state index is 12.6. The molecule has 0 aliphatic heterocycles. The van der Waals surface area contributed by atoms with Crippen LogP contribution in [0.3, 0.4) is 0 Å². The monoisotopic (exact) mass is 1030 g/mol. The minimum atomic E-state index is -1.28. The summed E-state index contributed by atoms with van der Waals surface area (Å²) in [6, 6.07) is -1.00. The molecule has 1 amide bonds. The van der Waals surface area contributed by atoms with Crippen LogP contribution < -0.4 is 5.32 Å². The Kier molecular flexibility index (Phi) is 60.6. The Labute approximate surface area is 456 Å². The molecule has 6 nitrogen and oxygen atoms in total. The van der Waals surface area contributed by atoms with Gasteiger partial charge in [0.15, 0.2) is 0 Å². The van der Waals surface area contributed by atoms with Crippen molar-refractivity contribution < 1.29 is 25.2 Å². The molecule has 0 aromatic carbocycles. The highest BCUT2D eigenvalue weighted by atomic mass is 16.3. The third kappa shape index (κ3) is 55.4. The maximum Gasteiger partial charge on any atom is 0.249 e. The van der Waals surface area contributed by atoms with Crippen LogP contribution in [0.25, 0.3) is 0 Å². The van der Waals surface area contributed by atoms with Crippen molar-refractivity contribution in [3.63, 3.8) is 0 Å². The number of hydrogen-bond acceptors (Lipinski definition) is 5. The van der Waals surface area contributed by atoms with Crippen LogP contribution in [0.5, 0.6) is 0 Å². The molecule has 6 heteroatoms. The Morgan fingerprint density at radius 2 is 0.562 bits per heavy atom. The summed E-state index contributed by atoms with van der Waals surface area (Å²) in [6.45, 7) is 4.09. The predicted octanol–water partition coefficient (Wildman–Crippen LogP) is 20.2. The van der Waals surface area contributed by atoms with Crippen molar-refractivity contribution in [2.75, 3.05) is 6.61 Å². The number of carbonyl (C=O) groups excluding carboxylic acids is 1. The lowest BCUT2D eigenvalue weighted by molar-refractivity contribution is -0.132. The molecule has 73 heavy (non-hydrogen) atoms. The lowest BCUT2D eigenvalue weighted by atomic mass is 10.00. The van der Waals surface area contributed by atoms with Crippen molar-refractivity contribution in [1.82, 2.24) is 5.32 Å². The molecule has 4 unspecified atom stereocenters. The Hall–Kier alpha value is -1.21. The fourth-order valence-corrected chi connectivity index (χ4v) is 10.7. The van der Waals surface area contributed by atoms with Crippen LogP contribution in [0, 0.1) is 0 Å². The van der Waals surface area contributed by atoms with Crippen molar-refractivity contribution in [3.8, 4) is 0 Å². The first-order valence-corrected chi connectivity index (χ1v) is 33.2. The number of amides is 1. The molecule has 0 fully saturated rings. The number of aliphatic hydroxyl groups excluding tert-OH is 4. The van der Waals surface area contributed by atoms with Gasteiger partial charge in [-0.25, -0.2) is 0 Å². The summed E-state index contributed by atoms with van der Waals surface area (Å²) in [5, 5.41) is 44.1. The Morgan fingerprint density at radius 3 is 0.822 bits per heavy atom. The molecule has 0 bridgehead atoms. The first-order chi connectivity index (χ1) is 36.0. The average molecular weight is 1030 g/mol. The molecule has 434 valence electrons. The molecular weight excluding hydrogens is 899 g/mol. The standard InChI is InChI=1S/C67H131NO5/c1-3-5-7-9-11-13-15-17-19-21-23-25-27-29-30-31-32-33-34-35-37-38-40-42-44-46-48-50-52-54-56-58-60-64(70)66(72)63(62-69)68-67(73)65(71)61-59-57-55-53-51-49-47-45-43-41-39-36-28-26-24-22-20-18-16-14-12-10-8-6-4-2/h36,39,52,54,63-66,69-72H,3-35,37-38,40-51,53,55-62H2,1-2H3,(H,68,73)/b39-36-,54-52+. The summed E-state index contributed by atoms with van der Waals surface area (Å²) in [6.07, 6.45) is 77.2. The summed E-state index contributed by atoms with van der Waals surface area (Å²) in [5.41, 5.74) is 0. The van der Waals surface area contributed by atoms with Crippen LogP contribution >= 0.6 is 0 Å². The van der Waals surface area contributed by atoms with E-state index in [2.05, 4.69) is 43.5 Å². The van der Waals surface area contributed by atoms with E-state index in [-0.39, 0.29) is 0 Å². The van der Waals surface area contributed by atoms with Gasteiger partial charge in [0.05, 0.1) is 18.8 Å². The smallest absolute Gasteiger partial charge is 0.249 e.